The van der Waals surface area contributed by atoms with Crippen LogP contribution in [0.4, 0.5) is 15.0 Å². The van der Waals surface area contributed by atoms with Crippen LogP contribution in [0.2, 0.25) is 0 Å². The SMILES string of the molecule is Cc1ncccc1-c1cc2c(n3ncnc13)N(C(=O)OC(C)(C)C)Cc1c(F)ccc3c1[C@H](CO3)CO2. The number of hydrogen-bond donors (Lipinski definition) is 0. The number of amides is 1. The van der Waals surface area contributed by atoms with Gasteiger partial charge in [-0.25, -0.2) is 14.2 Å². The molecule has 0 saturated heterocycles. The lowest BCUT2D eigenvalue weighted by Gasteiger charge is -2.29. The zero-order chi connectivity index (χ0) is 25.9. The average molecular weight is 504 g/mol. The van der Waals surface area contributed by atoms with Crippen molar-refractivity contribution < 1.29 is 23.4 Å². The number of carbonyl (C=O) groups excluding carboxylic acids is 1. The summed E-state index contributed by atoms with van der Waals surface area (Å²) in [5.74, 6) is 0.664. The molecular formula is C27H26FN5O4. The molecule has 0 fully saturated rings. The standard InChI is InChI=1S/C27H26FN5O4/c1-15-17(6-5-9-29-15)18-10-22-25(33-24(18)30-14-31-33)32(26(34)37-27(2,3)4)11-19-20(28)7-8-21-23(19)16(12-35-21)13-36-22/h5-10,14,16H,11-13H2,1-4H3/t16-/m1/s1. The van der Waals surface area contributed by atoms with Crippen molar-refractivity contribution in [2.75, 3.05) is 18.1 Å². The van der Waals surface area contributed by atoms with E-state index >= 15 is 4.39 Å². The summed E-state index contributed by atoms with van der Waals surface area (Å²) in [5, 5.41) is 4.45. The van der Waals surface area contributed by atoms with Crippen molar-refractivity contribution in [3.63, 3.8) is 0 Å². The Morgan fingerprint density at radius 2 is 1.89 bits per heavy atom. The van der Waals surface area contributed by atoms with E-state index in [0.29, 0.717) is 40.7 Å². The Morgan fingerprint density at radius 3 is 2.65 bits per heavy atom. The highest BCUT2D eigenvalue weighted by Gasteiger charge is 2.37. The smallest absolute Gasteiger partial charge is 0.416 e. The zero-order valence-electron chi connectivity index (χ0n) is 21.0. The van der Waals surface area contributed by atoms with Gasteiger partial charge in [0.15, 0.2) is 17.2 Å². The topological polar surface area (TPSA) is 91.1 Å². The second kappa shape index (κ2) is 8.43. The lowest BCUT2D eigenvalue weighted by atomic mass is 9.95. The van der Waals surface area contributed by atoms with Crippen LogP contribution in [0.5, 0.6) is 11.5 Å². The predicted octanol–water partition coefficient (Wildman–Crippen LogP) is 5.05. The molecule has 0 aliphatic carbocycles. The molecule has 2 aliphatic rings. The molecule has 6 rings (SSSR count). The zero-order valence-corrected chi connectivity index (χ0v) is 21.0. The molecule has 10 heteroatoms. The maximum atomic E-state index is 15.3. The molecule has 1 aromatic carbocycles. The summed E-state index contributed by atoms with van der Waals surface area (Å²) in [6.07, 6.45) is 2.48. The number of fused-ring (bicyclic) bond motifs is 3. The minimum absolute atomic E-state index is 0.0969. The number of rotatable bonds is 1. The molecule has 0 spiro atoms. The van der Waals surface area contributed by atoms with Gasteiger partial charge in [-0.15, -0.1) is 0 Å². The number of hydrogen-bond acceptors (Lipinski definition) is 7. The van der Waals surface area contributed by atoms with Gasteiger partial charge in [0.1, 0.15) is 23.5 Å². The Morgan fingerprint density at radius 1 is 1.11 bits per heavy atom. The second-order valence-corrected chi connectivity index (χ2v) is 10.2. The first-order valence-electron chi connectivity index (χ1n) is 12.1. The summed E-state index contributed by atoms with van der Waals surface area (Å²) in [5.41, 5.74) is 3.21. The van der Waals surface area contributed by atoms with E-state index in [0.717, 1.165) is 16.8 Å². The van der Waals surface area contributed by atoms with Crippen LogP contribution in [0, 0.1) is 12.7 Å². The monoisotopic (exact) mass is 503 g/mol. The number of pyridine rings is 2. The van der Waals surface area contributed by atoms with Gasteiger partial charge in [0.05, 0.1) is 25.7 Å². The molecule has 2 aliphatic heterocycles. The second-order valence-electron chi connectivity index (χ2n) is 10.2. The Bertz CT molecular complexity index is 1540. The van der Waals surface area contributed by atoms with E-state index in [-0.39, 0.29) is 19.1 Å². The Balaban J connectivity index is 1.61. The van der Waals surface area contributed by atoms with Gasteiger partial charge in [-0.1, -0.05) is 6.07 Å². The third kappa shape index (κ3) is 3.92. The number of benzene rings is 1. The van der Waals surface area contributed by atoms with E-state index in [2.05, 4.69) is 15.1 Å². The summed E-state index contributed by atoms with van der Waals surface area (Å²) in [6, 6.07) is 8.62. The van der Waals surface area contributed by atoms with Gasteiger partial charge in [-0.05, 0) is 52.0 Å². The number of halogens is 1. The van der Waals surface area contributed by atoms with Crippen molar-refractivity contribution in [2.45, 2.75) is 45.8 Å². The predicted molar refractivity (Wildman–Crippen MR) is 134 cm³/mol. The van der Waals surface area contributed by atoms with Crippen molar-refractivity contribution in [1.82, 2.24) is 19.6 Å². The van der Waals surface area contributed by atoms with Gasteiger partial charge in [0, 0.05) is 34.1 Å². The van der Waals surface area contributed by atoms with Crippen LogP contribution in [0.25, 0.3) is 16.8 Å². The lowest BCUT2D eigenvalue weighted by molar-refractivity contribution is 0.0574. The summed E-state index contributed by atoms with van der Waals surface area (Å²) in [7, 11) is 0. The van der Waals surface area contributed by atoms with Gasteiger partial charge in [-0.2, -0.15) is 9.61 Å². The fraction of sp³-hybridized carbons (Fsp3) is 0.333. The van der Waals surface area contributed by atoms with Crippen molar-refractivity contribution >= 4 is 17.6 Å². The van der Waals surface area contributed by atoms with E-state index in [1.54, 1.807) is 37.5 Å². The van der Waals surface area contributed by atoms with Gasteiger partial charge in [-0.3, -0.25) is 9.88 Å². The summed E-state index contributed by atoms with van der Waals surface area (Å²) < 4.78 is 34.8. The molecule has 0 unspecified atom stereocenters. The van der Waals surface area contributed by atoms with E-state index in [4.69, 9.17) is 14.2 Å². The molecule has 190 valence electrons. The van der Waals surface area contributed by atoms with Gasteiger partial charge < -0.3 is 14.2 Å². The van der Waals surface area contributed by atoms with Crippen molar-refractivity contribution in [2.24, 2.45) is 0 Å². The first-order chi connectivity index (χ1) is 17.7. The van der Waals surface area contributed by atoms with Crippen LogP contribution in [-0.4, -0.2) is 44.5 Å². The average Bonchev–Trinajstić information content (AvgIpc) is 3.49. The first-order valence-corrected chi connectivity index (χ1v) is 12.1. The number of carbonyl (C=O) groups is 1. The number of ether oxygens (including phenoxy) is 3. The molecule has 3 aromatic heterocycles. The molecule has 1 atom stereocenters. The lowest BCUT2D eigenvalue weighted by Crippen LogP contribution is -2.38. The fourth-order valence-corrected chi connectivity index (χ4v) is 4.91. The van der Waals surface area contributed by atoms with Gasteiger partial charge in [0.25, 0.3) is 0 Å². The van der Waals surface area contributed by atoms with Crippen LogP contribution in [0.1, 0.15) is 43.5 Å². The largest absolute Gasteiger partial charge is 0.493 e. The van der Waals surface area contributed by atoms with Crippen molar-refractivity contribution in [3.05, 3.63) is 65.5 Å². The van der Waals surface area contributed by atoms with Crippen LogP contribution < -0.4 is 14.4 Å². The molecule has 0 saturated carbocycles. The number of aryl methyl sites for hydroxylation is 1. The van der Waals surface area contributed by atoms with Gasteiger partial charge >= 0.3 is 6.09 Å². The van der Waals surface area contributed by atoms with Gasteiger partial charge in [0.2, 0.25) is 0 Å². The van der Waals surface area contributed by atoms with Crippen LogP contribution in [0.15, 0.2) is 42.9 Å². The van der Waals surface area contributed by atoms with Crippen molar-refractivity contribution in [3.8, 4) is 22.6 Å². The molecule has 9 nitrogen and oxygen atoms in total. The quantitative estimate of drug-likeness (QED) is 0.359. The third-order valence-corrected chi connectivity index (χ3v) is 6.52. The van der Waals surface area contributed by atoms with Crippen molar-refractivity contribution in [1.29, 1.82) is 0 Å². The summed E-state index contributed by atoms with van der Waals surface area (Å²) >= 11 is 0. The van der Waals surface area contributed by atoms with Crippen LogP contribution in [-0.2, 0) is 11.3 Å². The summed E-state index contributed by atoms with van der Waals surface area (Å²) in [6.45, 7) is 7.74. The van der Waals surface area contributed by atoms with Crippen LogP contribution in [0.3, 0.4) is 0 Å². The highest BCUT2D eigenvalue weighted by Crippen LogP contribution is 2.44. The Kier molecular flexibility index (Phi) is 5.29. The Hall–Kier alpha value is -4.21. The minimum atomic E-state index is -0.784. The molecule has 5 heterocycles. The van der Waals surface area contributed by atoms with Crippen LogP contribution >= 0.6 is 0 Å². The first kappa shape index (κ1) is 23.2. The third-order valence-electron chi connectivity index (χ3n) is 6.52. The Labute approximate surface area is 212 Å². The van der Waals surface area contributed by atoms with E-state index in [1.807, 2.05) is 25.1 Å². The normalized spacial score (nSPS) is 16.7. The fourth-order valence-electron chi connectivity index (χ4n) is 4.91. The molecule has 0 radical (unpaired) electrons. The molecule has 4 aromatic rings. The summed E-state index contributed by atoms with van der Waals surface area (Å²) in [4.78, 5) is 23.9. The highest BCUT2D eigenvalue weighted by molar-refractivity contribution is 5.92. The number of aromatic nitrogens is 4. The molecule has 0 N–H and O–H groups in total. The number of anilines is 1. The van der Waals surface area contributed by atoms with E-state index in [9.17, 15) is 4.79 Å². The maximum Gasteiger partial charge on any atom is 0.416 e. The molecule has 37 heavy (non-hydrogen) atoms. The minimum Gasteiger partial charge on any atom is -0.493 e. The number of nitrogens with zero attached hydrogens (tertiary/aromatic N) is 5. The molecular weight excluding hydrogens is 477 g/mol. The van der Waals surface area contributed by atoms with E-state index in [1.165, 1.54) is 17.3 Å². The molecule has 1 amide bonds. The highest BCUT2D eigenvalue weighted by atomic mass is 19.1. The molecule has 0 bridgehead atoms. The van der Waals surface area contributed by atoms with E-state index < -0.39 is 17.5 Å². The maximum absolute atomic E-state index is 15.3.